The molecule has 7 nitrogen and oxygen atoms in total. The molecule has 0 aliphatic carbocycles. The number of rotatable bonds is 8. The van der Waals surface area contributed by atoms with Crippen molar-refractivity contribution >= 4 is 24.1 Å². The first-order valence-corrected chi connectivity index (χ1v) is 8.55. The van der Waals surface area contributed by atoms with Gasteiger partial charge >= 0.3 is 11.9 Å². The van der Waals surface area contributed by atoms with Crippen LogP contribution in [0.15, 0.2) is 53.6 Å². The van der Waals surface area contributed by atoms with Crippen molar-refractivity contribution in [3.63, 3.8) is 0 Å². The van der Waals surface area contributed by atoms with Crippen LogP contribution in [-0.4, -0.2) is 45.5 Å². The van der Waals surface area contributed by atoms with Crippen LogP contribution in [-0.2, 0) is 14.3 Å². The van der Waals surface area contributed by atoms with Gasteiger partial charge in [-0.3, -0.25) is 0 Å². The van der Waals surface area contributed by atoms with Gasteiger partial charge in [0.1, 0.15) is 17.2 Å². The van der Waals surface area contributed by atoms with Crippen molar-refractivity contribution in [1.29, 1.82) is 0 Å². The van der Waals surface area contributed by atoms with Crippen LogP contribution in [0, 0.1) is 0 Å². The predicted molar refractivity (Wildman–Crippen MR) is 108 cm³/mol. The Morgan fingerprint density at radius 1 is 0.828 bits per heavy atom. The first-order valence-electron chi connectivity index (χ1n) is 8.55. The summed E-state index contributed by atoms with van der Waals surface area (Å²) >= 11 is 0. The van der Waals surface area contributed by atoms with E-state index < -0.39 is 11.9 Å². The second kappa shape index (κ2) is 9.98. The van der Waals surface area contributed by atoms with Crippen molar-refractivity contribution in [2.24, 2.45) is 0 Å². The largest absolute Gasteiger partial charge is 0.496 e. The zero-order chi connectivity index (χ0) is 21.4. The number of carbonyl (C=O) groups excluding carboxylic acids is 1. The number of hydrogen-bond donors (Lipinski definition) is 1. The van der Waals surface area contributed by atoms with Crippen molar-refractivity contribution in [2.75, 3.05) is 28.4 Å². The third kappa shape index (κ3) is 5.16. The number of carboxylic acids is 1. The molecule has 0 amide bonds. The van der Waals surface area contributed by atoms with Crippen LogP contribution in [0.4, 0.5) is 0 Å². The van der Waals surface area contributed by atoms with E-state index in [4.69, 9.17) is 18.9 Å². The first-order chi connectivity index (χ1) is 13.9. The highest BCUT2D eigenvalue weighted by Crippen LogP contribution is 2.36. The molecule has 0 saturated carbocycles. The second-order valence-corrected chi connectivity index (χ2v) is 5.77. The Morgan fingerprint density at radius 2 is 1.41 bits per heavy atom. The van der Waals surface area contributed by atoms with Gasteiger partial charge in [0.2, 0.25) is 0 Å². The van der Waals surface area contributed by atoms with Gasteiger partial charge in [0, 0.05) is 12.1 Å². The van der Waals surface area contributed by atoms with E-state index in [1.165, 1.54) is 40.6 Å². The number of benzene rings is 2. The summed E-state index contributed by atoms with van der Waals surface area (Å²) in [6.45, 7) is 0. The monoisotopic (exact) mass is 398 g/mol. The van der Waals surface area contributed by atoms with E-state index in [0.717, 1.165) is 0 Å². The summed E-state index contributed by atoms with van der Waals surface area (Å²) in [4.78, 5) is 24.4. The van der Waals surface area contributed by atoms with Crippen LogP contribution in [0.1, 0.15) is 11.1 Å². The Labute approximate surface area is 168 Å². The normalized spacial score (nSPS) is 11.6. The number of hydrogen-bond acceptors (Lipinski definition) is 6. The average Bonchev–Trinajstić information content (AvgIpc) is 2.75. The fourth-order valence-corrected chi connectivity index (χ4v) is 2.65. The minimum absolute atomic E-state index is 0.161. The standard InChI is InChI=1S/C22H22O7/c1-26-15-11-19(27-2)18(20(12-15)28-3)13-17(22(25)29-4)16(21(23)24)10-14-8-6-5-7-9-14/h5-13H,1-4H3,(H,23,24)/b16-10+,17-13-. The maximum absolute atomic E-state index is 12.5. The molecule has 2 aromatic carbocycles. The number of methoxy groups -OCH3 is 4. The van der Waals surface area contributed by atoms with Crippen LogP contribution in [0.2, 0.25) is 0 Å². The molecule has 0 aromatic heterocycles. The summed E-state index contributed by atoms with van der Waals surface area (Å²) in [6.07, 6.45) is 2.76. The van der Waals surface area contributed by atoms with Crippen molar-refractivity contribution in [2.45, 2.75) is 0 Å². The summed E-state index contributed by atoms with van der Waals surface area (Å²) in [5, 5.41) is 9.76. The zero-order valence-corrected chi connectivity index (χ0v) is 16.6. The van der Waals surface area contributed by atoms with E-state index in [-0.39, 0.29) is 11.1 Å². The van der Waals surface area contributed by atoms with Gasteiger partial charge < -0.3 is 24.1 Å². The van der Waals surface area contributed by atoms with Crippen LogP contribution in [0.3, 0.4) is 0 Å². The third-order valence-electron chi connectivity index (χ3n) is 4.08. The topological polar surface area (TPSA) is 91.3 Å². The van der Waals surface area contributed by atoms with E-state index in [2.05, 4.69) is 0 Å². The smallest absolute Gasteiger partial charge is 0.338 e. The summed E-state index contributed by atoms with van der Waals surface area (Å²) < 4.78 is 20.8. The Balaban J connectivity index is 2.75. The van der Waals surface area contributed by atoms with Gasteiger partial charge in [0.25, 0.3) is 0 Å². The van der Waals surface area contributed by atoms with Gasteiger partial charge in [-0.2, -0.15) is 0 Å². The van der Waals surface area contributed by atoms with E-state index in [0.29, 0.717) is 28.4 Å². The molecule has 0 bridgehead atoms. The number of carbonyl (C=O) groups is 2. The lowest BCUT2D eigenvalue weighted by atomic mass is 9.99. The summed E-state index contributed by atoms with van der Waals surface area (Å²) in [7, 11) is 5.57. The molecule has 152 valence electrons. The summed E-state index contributed by atoms with van der Waals surface area (Å²) in [5.74, 6) is -0.931. The predicted octanol–water partition coefficient (Wildman–Crippen LogP) is 3.44. The second-order valence-electron chi connectivity index (χ2n) is 5.77. The Morgan fingerprint density at radius 3 is 1.86 bits per heavy atom. The fraction of sp³-hybridized carbons (Fsp3) is 0.182. The summed E-state index contributed by atoms with van der Waals surface area (Å²) in [5.41, 5.74) is 0.596. The van der Waals surface area contributed by atoms with Crippen molar-refractivity contribution in [1.82, 2.24) is 0 Å². The van der Waals surface area contributed by atoms with E-state index >= 15 is 0 Å². The molecule has 2 aromatic rings. The van der Waals surface area contributed by atoms with Crippen molar-refractivity contribution in [3.05, 3.63) is 64.7 Å². The SMILES string of the molecule is COC(=O)C(=C\c1c(OC)cc(OC)cc1OC)/C(=C\c1ccccc1)C(=O)O. The Bertz CT molecular complexity index is 918. The number of aliphatic carboxylic acids is 1. The molecule has 0 heterocycles. The minimum atomic E-state index is -1.28. The van der Waals surface area contributed by atoms with Gasteiger partial charge in [-0.05, 0) is 17.7 Å². The molecule has 0 atom stereocenters. The molecule has 0 radical (unpaired) electrons. The molecule has 0 fully saturated rings. The van der Waals surface area contributed by atoms with Gasteiger partial charge in [-0.1, -0.05) is 30.3 Å². The third-order valence-corrected chi connectivity index (χ3v) is 4.08. The molecule has 29 heavy (non-hydrogen) atoms. The van der Waals surface area contributed by atoms with Gasteiger partial charge in [-0.25, -0.2) is 9.59 Å². The molecule has 0 saturated heterocycles. The van der Waals surface area contributed by atoms with Crippen LogP contribution < -0.4 is 14.2 Å². The van der Waals surface area contributed by atoms with Gasteiger partial charge in [-0.15, -0.1) is 0 Å². The minimum Gasteiger partial charge on any atom is -0.496 e. The molecule has 0 aliphatic heterocycles. The number of carboxylic acid groups (broad SMARTS) is 1. The van der Waals surface area contributed by atoms with Crippen LogP contribution in [0.25, 0.3) is 12.2 Å². The van der Waals surface area contributed by atoms with Crippen LogP contribution >= 0.6 is 0 Å². The molecule has 0 unspecified atom stereocenters. The number of esters is 1. The molecular formula is C22H22O7. The molecule has 0 aliphatic rings. The summed E-state index contributed by atoms with van der Waals surface area (Å²) in [6, 6.07) is 12.0. The van der Waals surface area contributed by atoms with Gasteiger partial charge in [0.15, 0.2) is 0 Å². The highest BCUT2D eigenvalue weighted by atomic mass is 16.5. The number of ether oxygens (including phenoxy) is 4. The molecule has 1 N–H and O–H groups in total. The van der Waals surface area contributed by atoms with E-state index in [1.54, 1.807) is 36.4 Å². The Hall–Kier alpha value is -3.74. The maximum atomic E-state index is 12.5. The van der Waals surface area contributed by atoms with E-state index in [1.807, 2.05) is 6.07 Å². The molecule has 0 spiro atoms. The molecule has 2 rings (SSSR count). The van der Waals surface area contributed by atoms with E-state index in [9.17, 15) is 14.7 Å². The molecular weight excluding hydrogens is 376 g/mol. The first kappa shape index (κ1) is 21.6. The lowest BCUT2D eigenvalue weighted by Crippen LogP contribution is -2.13. The zero-order valence-electron chi connectivity index (χ0n) is 16.6. The average molecular weight is 398 g/mol. The van der Waals surface area contributed by atoms with Gasteiger partial charge in [0.05, 0.1) is 45.1 Å². The fourth-order valence-electron chi connectivity index (χ4n) is 2.65. The maximum Gasteiger partial charge on any atom is 0.338 e. The quantitative estimate of drug-likeness (QED) is 0.414. The lowest BCUT2D eigenvalue weighted by Gasteiger charge is -2.14. The Kier molecular flexibility index (Phi) is 7.42. The highest BCUT2D eigenvalue weighted by Gasteiger charge is 2.23. The van der Waals surface area contributed by atoms with Crippen molar-refractivity contribution in [3.8, 4) is 17.2 Å². The lowest BCUT2D eigenvalue weighted by molar-refractivity contribution is -0.138. The van der Waals surface area contributed by atoms with Crippen molar-refractivity contribution < 1.29 is 33.6 Å². The highest BCUT2D eigenvalue weighted by molar-refractivity contribution is 6.12. The molecule has 7 heteroatoms. The van der Waals surface area contributed by atoms with Crippen LogP contribution in [0.5, 0.6) is 17.2 Å².